The van der Waals surface area contributed by atoms with Crippen LogP contribution in [0.1, 0.15) is 21.6 Å². The summed E-state index contributed by atoms with van der Waals surface area (Å²) in [5, 5.41) is 16.5. The molecule has 1 unspecified atom stereocenters. The summed E-state index contributed by atoms with van der Waals surface area (Å²) in [6, 6.07) is 8.29. The third kappa shape index (κ3) is 4.14. The van der Waals surface area contributed by atoms with E-state index in [0.717, 1.165) is 39.0 Å². The molecule has 8 heteroatoms. The van der Waals surface area contributed by atoms with Crippen LogP contribution in [0.4, 0.5) is 5.82 Å². The highest BCUT2D eigenvalue weighted by Gasteiger charge is 2.26. The number of fused-ring (bicyclic) bond motifs is 1. The molecule has 1 aliphatic carbocycles. The van der Waals surface area contributed by atoms with Crippen molar-refractivity contribution in [3.05, 3.63) is 53.5 Å². The van der Waals surface area contributed by atoms with Gasteiger partial charge in [0.1, 0.15) is 0 Å². The molecule has 3 N–H and O–H groups in total. The van der Waals surface area contributed by atoms with Gasteiger partial charge in [-0.3, -0.25) is 9.69 Å². The third-order valence-corrected chi connectivity index (χ3v) is 5.45. The third-order valence-electron chi connectivity index (χ3n) is 5.45. The van der Waals surface area contributed by atoms with Gasteiger partial charge in [0.15, 0.2) is 17.9 Å². The maximum absolute atomic E-state index is 12.8. The molecule has 1 amide bonds. The number of nitrogens with one attached hydrogen (secondary N) is 2. The molecule has 0 saturated carbocycles. The quantitative estimate of drug-likeness (QED) is 0.641. The molecule has 8 nitrogen and oxygen atoms in total. The van der Waals surface area contributed by atoms with Crippen LogP contribution >= 0.6 is 0 Å². The molecule has 1 saturated heterocycles. The fraction of sp³-hybridized carbons (Fsp3) is 0.450. The van der Waals surface area contributed by atoms with E-state index in [1.807, 2.05) is 17.0 Å². The Labute approximate surface area is 164 Å². The van der Waals surface area contributed by atoms with Crippen LogP contribution < -0.4 is 10.6 Å². The van der Waals surface area contributed by atoms with Gasteiger partial charge in [-0.2, -0.15) is 0 Å². The second-order valence-electron chi connectivity index (χ2n) is 7.46. The number of aromatic nitrogens is 2. The Balaban J connectivity index is 1.40. The summed E-state index contributed by atoms with van der Waals surface area (Å²) in [5.41, 5.74) is 2.75. The van der Waals surface area contributed by atoms with Crippen molar-refractivity contribution in [1.29, 1.82) is 0 Å². The largest absolute Gasteiger partial charge is 0.361 e. The first kappa shape index (κ1) is 18.8. The second-order valence-corrected chi connectivity index (χ2v) is 7.46. The Morgan fingerprint density at radius 1 is 1.11 bits per heavy atom. The van der Waals surface area contributed by atoms with Crippen molar-refractivity contribution in [1.82, 2.24) is 25.1 Å². The van der Waals surface area contributed by atoms with Crippen LogP contribution in [-0.2, 0) is 12.8 Å². The molecule has 2 aromatic rings. The van der Waals surface area contributed by atoms with Crippen LogP contribution in [0, 0.1) is 0 Å². The number of amides is 1. The first-order chi connectivity index (χ1) is 13.6. The van der Waals surface area contributed by atoms with E-state index in [4.69, 9.17) is 0 Å². The molecule has 0 radical (unpaired) electrons. The highest BCUT2D eigenvalue weighted by atomic mass is 16.3. The standard InChI is InChI=1S/C20H26N6O2/c1-25-8-10-26(11-9-25)20(28)24-18-17(21-6-7-22-18)19(27)23-16-12-14-4-2-3-5-15(14)13-16/h2-7,16,20,28H,8-13H2,1H3,(H,22,24)(H,23,27). The van der Waals surface area contributed by atoms with E-state index in [2.05, 4.69) is 44.7 Å². The lowest BCUT2D eigenvalue weighted by Crippen LogP contribution is -2.51. The zero-order valence-electron chi connectivity index (χ0n) is 16.0. The van der Waals surface area contributed by atoms with Crippen LogP contribution in [0.15, 0.2) is 36.7 Å². The van der Waals surface area contributed by atoms with Gasteiger partial charge in [-0.25, -0.2) is 9.97 Å². The molecule has 2 heterocycles. The number of aliphatic hydroxyl groups excluding tert-OH is 1. The summed E-state index contributed by atoms with van der Waals surface area (Å²) < 4.78 is 0. The van der Waals surface area contributed by atoms with Crippen LogP contribution in [0.25, 0.3) is 0 Å². The first-order valence-corrected chi connectivity index (χ1v) is 9.66. The number of benzene rings is 1. The maximum Gasteiger partial charge on any atom is 0.273 e. The van der Waals surface area contributed by atoms with Gasteiger partial charge in [0.05, 0.1) is 0 Å². The smallest absolute Gasteiger partial charge is 0.273 e. The van der Waals surface area contributed by atoms with Gasteiger partial charge >= 0.3 is 0 Å². The summed E-state index contributed by atoms with van der Waals surface area (Å²) in [6.07, 6.45) is 3.73. The number of aliphatic hydroxyl groups is 1. The van der Waals surface area contributed by atoms with Crippen molar-refractivity contribution in [2.75, 3.05) is 38.5 Å². The lowest BCUT2D eigenvalue weighted by Gasteiger charge is -2.35. The zero-order chi connectivity index (χ0) is 19.5. The highest BCUT2D eigenvalue weighted by Crippen LogP contribution is 2.22. The zero-order valence-corrected chi connectivity index (χ0v) is 16.0. The normalized spacial score (nSPS) is 19.2. The Bertz CT molecular complexity index is 812. The lowest BCUT2D eigenvalue weighted by molar-refractivity contribution is -0.00222. The monoisotopic (exact) mass is 382 g/mol. The Morgan fingerprint density at radius 3 is 2.43 bits per heavy atom. The molecule has 2 aliphatic rings. The topological polar surface area (TPSA) is 93.6 Å². The number of anilines is 1. The van der Waals surface area contributed by atoms with Gasteiger partial charge < -0.3 is 20.6 Å². The summed E-state index contributed by atoms with van der Waals surface area (Å²) in [4.78, 5) is 25.4. The van der Waals surface area contributed by atoms with Gasteiger partial charge in [-0.15, -0.1) is 0 Å². The summed E-state index contributed by atoms with van der Waals surface area (Å²) in [6.45, 7) is 3.25. The van der Waals surface area contributed by atoms with Crippen molar-refractivity contribution >= 4 is 11.7 Å². The number of carbonyl (C=O) groups is 1. The minimum absolute atomic E-state index is 0.0438. The van der Waals surface area contributed by atoms with E-state index in [0.29, 0.717) is 5.82 Å². The van der Waals surface area contributed by atoms with Crippen LogP contribution in [0.2, 0.25) is 0 Å². The van der Waals surface area contributed by atoms with Gasteiger partial charge in [0.2, 0.25) is 0 Å². The Morgan fingerprint density at radius 2 is 1.75 bits per heavy atom. The molecule has 148 valence electrons. The summed E-state index contributed by atoms with van der Waals surface area (Å²) >= 11 is 0. The molecule has 4 rings (SSSR count). The van der Waals surface area contributed by atoms with Crippen molar-refractivity contribution in [3.8, 4) is 0 Å². The molecule has 1 aromatic carbocycles. The number of likely N-dealkylation sites (N-methyl/N-ethyl adjacent to an activating group) is 1. The number of carbonyl (C=O) groups excluding carboxylic acids is 1. The molecule has 0 spiro atoms. The number of hydrogen-bond donors (Lipinski definition) is 3. The highest BCUT2D eigenvalue weighted by molar-refractivity contribution is 5.96. The summed E-state index contributed by atoms with van der Waals surface area (Å²) in [5.74, 6) is 0.0147. The minimum atomic E-state index is -0.910. The molecule has 0 bridgehead atoms. The van der Waals surface area contributed by atoms with Crippen molar-refractivity contribution in [3.63, 3.8) is 0 Å². The Kier molecular flexibility index (Phi) is 5.52. The van der Waals surface area contributed by atoms with Crippen molar-refractivity contribution in [2.24, 2.45) is 0 Å². The van der Waals surface area contributed by atoms with E-state index in [9.17, 15) is 9.90 Å². The fourth-order valence-electron chi connectivity index (χ4n) is 3.80. The van der Waals surface area contributed by atoms with Crippen molar-refractivity contribution in [2.45, 2.75) is 25.2 Å². The van der Waals surface area contributed by atoms with E-state index >= 15 is 0 Å². The number of rotatable bonds is 5. The van der Waals surface area contributed by atoms with Crippen LogP contribution in [0.5, 0.6) is 0 Å². The fourth-order valence-corrected chi connectivity index (χ4v) is 3.80. The van der Waals surface area contributed by atoms with Gasteiger partial charge in [0, 0.05) is 44.6 Å². The summed E-state index contributed by atoms with van der Waals surface area (Å²) in [7, 11) is 2.06. The van der Waals surface area contributed by atoms with Crippen LogP contribution in [0.3, 0.4) is 0 Å². The predicted molar refractivity (Wildman–Crippen MR) is 106 cm³/mol. The molecule has 1 atom stereocenters. The molecular formula is C20H26N6O2. The second kappa shape index (κ2) is 8.22. The molecule has 28 heavy (non-hydrogen) atoms. The lowest BCUT2D eigenvalue weighted by atomic mass is 10.1. The van der Waals surface area contributed by atoms with Crippen LogP contribution in [-0.4, -0.2) is 76.4 Å². The van der Waals surface area contributed by atoms with E-state index in [1.165, 1.54) is 23.5 Å². The first-order valence-electron chi connectivity index (χ1n) is 9.66. The van der Waals surface area contributed by atoms with E-state index in [-0.39, 0.29) is 17.6 Å². The SMILES string of the molecule is CN1CCN(C(O)Nc2nccnc2C(=O)NC2Cc3ccccc3C2)CC1. The Hall–Kier alpha value is -2.55. The molecule has 1 aliphatic heterocycles. The average Bonchev–Trinajstić information content (AvgIpc) is 3.11. The molecular weight excluding hydrogens is 356 g/mol. The number of piperazine rings is 1. The van der Waals surface area contributed by atoms with E-state index in [1.54, 1.807) is 0 Å². The van der Waals surface area contributed by atoms with Crippen molar-refractivity contribution < 1.29 is 9.90 Å². The molecule has 1 fully saturated rings. The van der Waals surface area contributed by atoms with Gasteiger partial charge in [0.25, 0.3) is 5.91 Å². The van der Waals surface area contributed by atoms with Gasteiger partial charge in [-0.1, -0.05) is 24.3 Å². The number of hydrogen-bond acceptors (Lipinski definition) is 7. The van der Waals surface area contributed by atoms with Gasteiger partial charge in [-0.05, 0) is 31.0 Å². The van der Waals surface area contributed by atoms with E-state index < -0.39 is 6.35 Å². The maximum atomic E-state index is 12.8. The number of nitrogens with zero attached hydrogens (tertiary/aromatic N) is 4. The average molecular weight is 382 g/mol. The minimum Gasteiger partial charge on any atom is -0.361 e. The predicted octanol–water partition coefficient (Wildman–Crippen LogP) is 0.309. The molecule has 1 aromatic heterocycles.